The molecule has 2 heteroatoms. The molecule has 0 saturated heterocycles. The second-order valence-electron chi connectivity index (χ2n) is 5.85. The SMILES string of the molecule is Cc1ccccc1CSc1ccccc1CNCC(C)C. The van der Waals surface area contributed by atoms with Gasteiger partial charge in [0.2, 0.25) is 0 Å². The van der Waals surface area contributed by atoms with Crippen LogP contribution < -0.4 is 5.32 Å². The summed E-state index contributed by atoms with van der Waals surface area (Å²) in [6, 6.07) is 17.4. The van der Waals surface area contributed by atoms with Crippen LogP contribution in [0.5, 0.6) is 0 Å². The van der Waals surface area contributed by atoms with Crippen molar-refractivity contribution in [1.29, 1.82) is 0 Å². The van der Waals surface area contributed by atoms with Crippen molar-refractivity contribution < 1.29 is 0 Å². The first-order chi connectivity index (χ1) is 10.2. The first kappa shape index (κ1) is 16.1. The smallest absolute Gasteiger partial charge is 0.0234 e. The van der Waals surface area contributed by atoms with Crippen molar-refractivity contribution in [3.63, 3.8) is 0 Å². The van der Waals surface area contributed by atoms with Crippen molar-refractivity contribution in [2.75, 3.05) is 6.54 Å². The summed E-state index contributed by atoms with van der Waals surface area (Å²) in [5.74, 6) is 1.73. The Labute approximate surface area is 133 Å². The van der Waals surface area contributed by atoms with Crippen LogP contribution in [0.25, 0.3) is 0 Å². The van der Waals surface area contributed by atoms with Crippen LogP contribution in [0.1, 0.15) is 30.5 Å². The number of nitrogens with one attached hydrogen (secondary N) is 1. The first-order valence-electron chi connectivity index (χ1n) is 7.62. The fraction of sp³-hybridized carbons (Fsp3) is 0.368. The highest BCUT2D eigenvalue weighted by Crippen LogP contribution is 2.27. The molecule has 0 aliphatic heterocycles. The number of hydrogen-bond acceptors (Lipinski definition) is 2. The monoisotopic (exact) mass is 299 g/mol. The van der Waals surface area contributed by atoms with Gasteiger partial charge in [0.25, 0.3) is 0 Å². The molecule has 0 saturated carbocycles. The van der Waals surface area contributed by atoms with Gasteiger partial charge in [-0.2, -0.15) is 0 Å². The van der Waals surface area contributed by atoms with Gasteiger partial charge in [-0.25, -0.2) is 0 Å². The summed E-state index contributed by atoms with van der Waals surface area (Å²) in [6.07, 6.45) is 0. The number of thioether (sulfide) groups is 1. The minimum absolute atomic E-state index is 0.691. The molecule has 0 amide bonds. The van der Waals surface area contributed by atoms with Crippen LogP contribution in [0.3, 0.4) is 0 Å². The van der Waals surface area contributed by atoms with Gasteiger partial charge in [0.05, 0.1) is 0 Å². The van der Waals surface area contributed by atoms with Crippen LogP contribution in [0, 0.1) is 12.8 Å². The zero-order valence-electron chi connectivity index (χ0n) is 13.2. The van der Waals surface area contributed by atoms with Crippen molar-refractivity contribution in [3.8, 4) is 0 Å². The van der Waals surface area contributed by atoms with E-state index in [2.05, 4.69) is 74.6 Å². The second-order valence-corrected chi connectivity index (χ2v) is 6.86. The van der Waals surface area contributed by atoms with Crippen LogP contribution in [-0.2, 0) is 12.3 Å². The molecule has 0 bridgehead atoms. The predicted octanol–water partition coefficient (Wildman–Crippen LogP) is 5.03. The van der Waals surface area contributed by atoms with Crippen LogP contribution in [0.15, 0.2) is 53.4 Å². The summed E-state index contributed by atoms with van der Waals surface area (Å²) in [4.78, 5) is 1.39. The molecule has 21 heavy (non-hydrogen) atoms. The van der Waals surface area contributed by atoms with Crippen LogP contribution >= 0.6 is 11.8 Å². The van der Waals surface area contributed by atoms with E-state index in [-0.39, 0.29) is 0 Å². The van der Waals surface area contributed by atoms with Gasteiger partial charge in [-0.05, 0) is 42.1 Å². The van der Waals surface area contributed by atoms with Gasteiger partial charge >= 0.3 is 0 Å². The highest BCUT2D eigenvalue weighted by atomic mass is 32.2. The topological polar surface area (TPSA) is 12.0 Å². The Balaban J connectivity index is 1.98. The highest BCUT2D eigenvalue weighted by molar-refractivity contribution is 7.98. The summed E-state index contributed by atoms with van der Waals surface area (Å²) in [5.41, 5.74) is 4.20. The Hall–Kier alpha value is -1.25. The fourth-order valence-electron chi connectivity index (χ4n) is 2.21. The van der Waals surface area contributed by atoms with E-state index < -0.39 is 0 Å². The molecule has 1 N–H and O–H groups in total. The van der Waals surface area contributed by atoms with Gasteiger partial charge in [0.1, 0.15) is 0 Å². The zero-order valence-corrected chi connectivity index (χ0v) is 14.0. The van der Waals surface area contributed by atoms with Crippen molar-refractivity contribution in [2.45, 2.75) is 38.0 Å². The Morgan fingerprint density at radius 3 is 2.33 bits per heavy atom. The maximum atomic E-state index is 3.54. The van der Waals surface area contributed by atoms with Gasteiger partial charge in [-0.3, -0.25) is 0 Å². The average molecular weight is 299 g/mol. The van der Waals surface area contributed by atoms with E-state index >= 15 is 0 Å². The molecule has 2 rings (SSSR count). The summed E-state index contributed by atoms with van der Waals surface area (Å²) in [5, 5.41) is 3.54. The summed E-state index contributed by atoms with van der Waals surface area (Å²) in [6.45, 7) is 8.69. The fourth-order valence-corrected chi connectivity index (χ4v) is 3.35. The van der Waals surface area contributed by atoms with Crippen LogP contribution in [-0.4, -0.2) is 6.54 Å². The van der Waals surface area contributed by atoms with Crippen molar-refractivity contribution >= 4 is 11.8 Å². The van der Waals surface area contributed by atoms with E-state index in [1.807, 2.05) is 11.8 Å². The lowest BCUT2D eigenvalue weighted by atomic mass is 10.1. The van der Waals surface area contributed by atoms with Crippen molar-refractivity contribution in [1.82, 2.24) is 5.32 Å². The maximum Gasteiger partial charge on any atom is 0.0234 e. The van der Waals surface area contributed by atoms with Gasteiger partial charge in [0.15, 0.2) is 0 Å². The minimum atomic E-state index is 0.691. The van der Waals surface area contributed by atoms with Crippen molar-refractivity contribution in [3.05, 3.63) is 65.2 Å². The molecule has 112 valence electrons. The Morgan fingerprint density at radius 1 is 0.952 bits per heavy atom. The first-order valence-corrected chi connectivity index (χ1v) is 8.61. The lowest BCUT2D eigenvalue weighted by molar-refractivity contribution is 0.550. The van der Waals surface area contributed by atoms with E-state index in [0.717, 1.165) is 18.8 Å². The van der Waals surface area contributed by atoms with Gasteiger partial charge in [-0.1, -0.05) is 56.3 Å². The molecule has 0 aromatic heterocycles. The molecule has 0 aliphatic rings. The van der Waals surface area contributed by atoms with E-state index in [4.69, 9.17) is 0 Å². The molecule has 2 aromatic rings. The molecule has 0 radical (unpaired) electrons. The van der Waals surface area contributed by atoms with E-state index in [1.165, 1.54) is 21.6 Å². The molecule has 1 nitrogen and oxygen atoms in total. The molecule has 0 fully saturated rings. The minimum Gasteiger partial charge on any atom is -0.312 e. The van der Waals surface area contributed by atoms with Gasteiger partial charge in [0, 0.05) is 17.2 Å². The van der Waals surface area contributed by atoms with Gasteiger partial charge in [-0.15, -0.1) is 11.8 Å². The Kier molecular flexibility index (Phi) is 6.34. The molecular weight excluding hydrogens is 274 g/mol. The quantitative estimate of drug-likeness (QED) is 0.719. The third-order valence-electron chi connectivity index (χ3n) is 3.49. The highest BCUT2D eigenvalue weighted by Gasteiger charge is 2.04. The Bertz CT molecular complexity index is 563. The lowest BCUT2D eigenvalue weighted by Crippen LogP contribution is -2.19. The van der Waals surface area contributed by atoms with Gasteiger partial charge < -0.3 is 5.32 Å². The molecule has 0 unspecified atom stereocenters. The summed E-state index contributed by atoms with van der Waals surface area (Å²) >= 11 is 1.93. The summed E-state index contributed by atoms with van der Waals surface area (Å²) < 4.78 is 0. The number of rotatable bonds is 7. The predicted molar refractivity (Wildman–Crippen MR) is 93.7 cm³/mol. The van der Waals surface area contributed by atoms with Crippen LogP contribution in [0.4, 0.5) is 0 Å². The largest absolute Gasteiger partial charge is 0.312 e. The Morgan fingerprint density at radius 2 is 1.62 bits per heavy atom. The third-order valence-corrected chi connectivity index (χ3v) is 4.65. The maximum absolute atomic E-state index is 3.54. The number of benzene rings is 2. The molecule has 0 aliphatic carbocycles. The lowest BCUT2D eigenvalue weighted by Gasteiger charge is -2.12. The van der Waals surface area contributed by atoms with Crippen molar-refractivity contribution in [2.24, 2.45) is 5.92 Å². The molecule has 2 aromatic carbocycles. The number of aryl methyl sites for hydroxylation is 1. The normalized spacial score (nSPS) is 11.0. The molecule has 0 heterocycles. The number of hydrogen-bond donors (Lipinski definition) is 1. The van der Waals surface area contributed by atoms with E-state index in [0.29, 0.717) is 5.92 Å². The molecule has 0 atom stereocenters. The zero-order chi connectivity index (χ0) is 15.1. The third kappa shape index (κ3) is 5.22. The average Bonchev–Trinajstić information content (AvgIpc) is 2.47. The standard InChI is InChI=1S/C19H25NS/c1-15(2)12-20-13-17-9-6-7-11-19(17)21-14-18-10-5-4-8-16(18)3/h4-11,15,20H,12-14H2,1-3H3. The molecular formula is C19H25NS. The van der Waals surface area contributed by atoms with Crippen LogP contribution in [0.2, 0.25) is 0 Å². The van der Waals surface area contributed by atoms with E-state index in [1.54, 1.807) is 0 Å². The summed E-state index contributed by atoms with van der Waals surface area (Å²) in [7, 11) is 0. The van der Waals surface area contributed by atoms with E-state index in [9.17, 15) is 0 Å². The molecule has 0 spiro atoms. The second kappa shape index (κ2) is 8.26.